The molecule has 0 fully saturated rings. The summed E-state index contributed by atoms with van der Waals surface area (Å²) in [5, 5.41) is 9.96. The van der Waals surface area contributed by atoms with E-state index in [0.29, 0.717) is 0 Å². The monoisotopic (exact) mass is 680 g/mol. The lowest BCUT2D eigenvalue weighted by molar-refractivity contribution is 0.669. The van der Waals surface area contributed by atoms with Crippen LogP contribution in [0.2, 0.25) is 0 Å². The lowest BCUT2D eigenvalue weighted by atomic mass is 10.0. The molecule has 0 N–H and O–H groups in total. The summed E-state index contributed by atoms with van der Waals surface area (Å²) in [5.74, 6) is 0. The first-order valence-corrected chi connectivity index (χ1v) is 18.5. The topological polar surface area (TPSA) is 23.0 Å². The van der Waals surface area contributed by atoms with Crippen LogP contribution < -0.4 is 0 Å². The van der Waals surface area contributed by atoms with Crippen LogP contribution in [-0.4, -0.2) is 9.13 Å². The Morgan fingerprint density at radius 2 is 1.00 bits per heavy atom. The molecule has 0 aliphatic carbocycles. The zero-order chi connectivity index (χ0) is 33.9. The van der Waals surface area contributed by atoms with Crippen molar-refractivity contribution in [1.82, 2.24) is 9.13 Å². The highest BCUT2D eigenvalue weighted by molar-refractivity contribution is 7.26. The molecule has 3 nitrogen and oxygen atoms in total. The van der Waals surface area contributed by atoms with Gasteiger partial charge in [0.15, 0.2) is 0 Å². The summed E-state index contributed by atoms with van der Waals surface area (Å²) in [6.07, 6.45) is 0. The Kier molecular flexibility index (Phi) is 5.65. The van der Waals surface area contributed by atoms with Crippen molar-refractivity contribution in [3.8, 4) is 22.5 Å². The number of hydrogen-bond acceptors (Lipinski definition) is 2. The van der Waals surface area contributed by atoms with Crippen LogP contribution in [0.1, 0.15) is 0 Å². The molecule has 4 heterocycles. The van der Waals surface area contributed by atoms with Gasteiger partial charge in [0, 0.05) is 69.9 Å². The van der Waals surface area contributed by atoms with Gasteiger partial charge in [-0.15, -0.1) is 11.3 Å². The Bertz CT molecular complexity index is 3400. The summed E-state index contributed by atoms with van der Waals surface area (Å²) >= 11 is 1.90. The Morgan fingerprint density at radius 3 is 1.83 bits per heavy atom. The quantitative estimate of drug-likeness (QED) is 0.182. The van der Waals surface area contributed by atoms with Gasteiger partial charge in [0.25, 0.3) is 0 Å². The van der Waals surface area contributed by atoms with Gasteiger partial charge in [-0.3, -0.25) is 0 Å². The van der Waals surface area contributed by atoms with E-state index in [-0.39, 0.29) is 0 Å². The highest BCUT2D eigenvalue weighted by atomic mass is 32.1. The maximum atomic E-state index is 6.39. The van der Waals surface area contributed by atoms with Crippen molar-refractivity contribution < 1.29 is 4.42 Å². The summed E-state index contributed by atoms with van der Waals surface area (Å²) in [7, 11) is 0. The van der Waals surface area contributed by atoms with Crippen LogP contribution in [0.25, 0.3) is 108 Å². The number of hydrogen-bond donors (Lipinski definition) is 0. The van der Waals surface area contributed by atoms with E-state index in [4.69, 9.17) is 4.42 Å². The van der Waals surface area contributed by atoms with Crippen molar-refractivity contribution in [2.24, 2.45) is 0 Å². The number of rotatable bonds is 3. The molecular weight excluding hydrogens is 653 g/mol. The van der Waals surface area contributed by atoms with Crippen molar-refractivity contribution in [3.05, 3.63) is 170 Å². The fourth-order valence-electron chi connectivity index (χ4n) is 8.59. The molecule has 4 aromatic heterocycles. The van der Waals surface area contributed by atoms with Gasteiger partial charge in [0.2, 0.25) is 0 Å². The van der Waals surface area contributed by atoms with Crippen molar-refractivity contribution in [3.63, 3.8) is 0 Å². The van der Waals surface area contributed by atoms with Crippen LogP contribution in [0.4, 0.5) is 0 Å². The minimum absolute atomic E-state index is 0.904. The molecule has 0 amide bonds. The van der Waals surface area contributed by atoms with E-state index >= 15 is 0 Å². The van der Waals surface area contributed by atoms with Gasteiger partial charge < -0.3 is 13.6 Å². The van der Waals surface area contributed by atoms with E-state index in [9.17, 15) is 0 Å². The zero-order valence-electron chi connectivity index (χ0n) is 27.9. The number of nitrogens with zero attached hydrogens (tertiary/aromatic N) is 2. The normalized spacial score (nSPS) is 12.2. The summed E-state index contributed by atoms with van der Waals surface area (Å²) in [6.45, 7) is 0. The second-order valence-electron chi connectivity index (χ2n) is 13.7. The third-order valence-electron chi connectivity index (χ3n) is 10.9. The molecule has 0 saturated heterocycles. The predicted octanol–water partition coefficient (Wildman–Crippen LogP) is 13.8. The van der Waals surface area contributed by atoms with E-state index in [1.54, 1.807) is 0 Å². The summed E-state index contributed by atoms with van der Waals surface area (Å²) in [4.78, 5) is 0. The third-order valence-corrected chi connectivity index (χ3v) is 12.1. The number of para-hydroxylation sites is 3. The standard InChI is InChI=1S/C48H28N2OS/c1-3-11-31(12-4-1)49-40-23-20-29(25-39(40)47-41(49)24-22-36-35-16-8-10-18-46(35)52-48(36)47)30-19-21-33-37-27-38-34-15-7-9-17-44(34)51-45(38)28-43(37)50(42(33)26-30)32-13-5-2-6-14-32/h1-28H. The Morgan fingerprint density at radius 1 is 0.365 bits per heavy atom. The smallest absolute Gasteiger partial charge is 0.137 e. The van der Waals surface area contributed by atoms with Crippen LogP contribution in [0, 0.1) is 0 Å². The van der Waals surface area contributed by atoms with Gasteiger partial charge in [0.05, 0.1) is 22.1 Å². The molecule has 0 radical (unpaired) electrons. The van der Waals surface area contributed by atoms with Gasteiger partial charge in [-0.1, -0.05) is 97.1 Å². The molecular formula is C48H28N2OS. The van der Waals surface area contributed by atoms with Crippen LogP contribution in [0.15, 0.2) is 174 Å². The lowest BCUT2D eigenvalue weighted by Crippen LogP contribution is -1.93. The third kappa shape index (κ3) is 3.84. The average molecular weight is 681 g/mol. The molecule has 0 aliphatic heterocycles. The molecule has 0 aliphatic rings. The first kappa shape index (κ1) is 28.1. The van der Waals surface area contributed by atoms with E-state index in [1.165, 1.54) is 75.1 Å². The minimum Gasteiger partial charge on any atom is -0.456 e. The lowest BCUT2D eigenvalue weighted by Gasteiger charge is -2.10. The van der Waals surface area contributed by atoms with Gasteiger partial charge >= 0.3 is 0 Å². The SMILES string of the molecule is c1ccc(-n2c3cc(-c4ccc5c(c4)c4c6sc7ccccc7c6ccc4n5-c4ccccc4)ccc3c3cc4c(cc32)oc2ccccc24)cc1. The molecule has 4 heteroatoms. The zero-order valence-corrected chi connectivity index (χ0v) is 28.7. The Balaban J connectivity index is 1.14. The maximum Gasteiger partial charge on any atom is 0.137 e. The van der Waals surface area contributed by atoms with Crippen molar-refractivity contribution >= 4 is 97.1 Å². The molecule has 52 heavy (non-hydrogen) atoms. The number of benzene rings is 8. The molecule has 0 bridgehead atoms. The minimum atomic E-state index is 0.904. The van der Waals surface area contributed by atoms with E-state index < -0.39 is 0 Å². The van der Waals surface area contributed by atoms with Gasteiger partial charge in [-0.2, -0.15) is 0 Å². The fourth-order valence-corrected chi connectivity index (χ4v) is 9.85. The highest BCUT2D eigenvalue weighted by Crippen LogP contribution is 2.45. The van der Waals surface area contributed by atoms with E-state index in [2.05, 4.69) is 173 Å². The summed E-state index contributed by atoms with van der Waals surface area (Å²) in [5.41, 5.74) is 11.3. The second kappa shape index (κ2) is 10.5. The second-order valence-corrected chi connectivity index (χ2v) is 14.8. The molecule has 242 valence electrons. The molecule has 0 spiro atoms. The maximum absolute atomic E-state index is 6.39. The van der Waals surface area contributed by atoms with Crippen molar-refractivity contribution in [2.75, 3.05) is 0 Å². The molecule has 12 rings (SSSR count). The van der Waals surface area contributed by atoms with Crippen LogP contribution >= 0.6 is 11.3 Å². The molecule has 0 unspecified atom stereocenters. The van der Waals surface area contributed by atoms with Crippen LogP contribution in [0.5, 0.6) is 0 Å². The Hall–Kier alpha value is -6.62. The number of thiophene rings is 1. The van der Waals surface area contributed by atoms with Crippen LogP contribution in [0.3, 0.4) is 0 Å². The van der Waals surface area contributed by atoms with Gasteiger partial charge in [-0.25, -0.2) is 0 Å². The molecule has 12 aromatic rings. The van der Waals surface area contributed by atoms with E-state index in [1.807, 2.05) is 17.4 Å². The first-order chi connectivity index (χ1) is 25.8. The number of aromatic nitrogens is 2. The predicted molar refractivity (Wildman–Crippen MR) is 221 cm³/mol. The average Bonchev–Trinajstić information content (AvgIpc) is 3.94. The molecule has 8 aromatic carbocycles. The van der Waals surface area contributed by atoms with Gasteiger partial charge in [0.1, 0.15) is 11.2 Å². The number of furan rings is 1. The molecule has 0 atom stereocenters. The van der Waals surface area contributed by atoms with Gasteiger partial charge in [-0.05, 0) is 77.9 Å². The summed E-state index contributed by atoms with van der Waals surface area (Å²) in [6, 6.07) is 61.7. The van der Waals surface area contributed by atoms with Crippen LogP contribution in [-0.2, 0) is 0 Å². The van der Waals surface area contributed by atoms with E-state index in [0.717, 1.165) is 33.1 Å². The first-order valence-electron chi connectivity index (χ1n) is 17.7. The number of fused-ring (bicyclic) bond motifs is 13. The fraction of sp³-hybridized carbons (Fsp3) is 0. The van der Waals surface area contributed by atoms with Crippen molar-refractivity contribution in [1.29, 1.82) is 0 Å². The summed E-state index contributed by atoms with van der Waals surface area (Å²) < 4.78 is 13.9. The largest absolute Gasteiger partial charge is 0.456 e. The Labute approximate surface area is 301 Å². The highest BCUT2D eigenvalue weighted by Gasteiger charge is 2.20. The van der Waals surface area contributed by atoms with Crippen molar-refractivity contribution in [2.45, 2.75) is 0 Å². The molecule has 0 saturated carbocycles.